The Morgan fingerprint density at radius 3 is 2.77 bits per heavy atom. The van der Waals surface area contributed by atoms with Crippen molar-refractivity contribution in [3.63, 3.8) is 0 Å². The van der Waals surface area contributed by atoms with Crippen LogP contribution in [-0.4, -0.2) is 28.6 Å². The first-order chi connectivity index (χ1) is 10.6. The average molecular weight is 315 g/mol. The van der Waals surface area contributed by atoms with Gasteiger partial charge in [-0.3, -0.25) is 9.56 Å². The van der Waals surface area contributed by atoms with Gasteiger partial charge in [0.2, 0.25) is 0 Å². The van der Waals surface area contributed by atoms with Crippen molar-refractivity contribution in [2.24, 2.45) is 10.7 Å². The molecule has 0 aliphatic rings. The standard InChI is InChI=1S/C15H27F2N5/c1-2-3-4-5-6-7-9-20-15(18)21-10-8-13-19-11-12-22(13)14(16)17/h11-12,14H,2-10H2,1H3,(H3,18,20,21). The summed E-state index contributed by atoms with van der Waals surface area (Å²) in [6.07, 6.45) is 10.3. The van der Waals surface area contributed by atoms with Crippen LogP contribution in [0.15, 0.2) is 17.4 Å². The van der Waals surface area contributed by atoms with E-state index < -0.39 is 6.55 Å². The van der Waals surface area contributed by atoms with Gasteiger partial charge >= 0.3 is 6.55 Å². The number of hydrogen-bond donors (Lipinski definition) is 2. The van der Waals surface area contributed by atoms with E-state index in [-0.39, 0.29) is 0 Å². The fourth-order valence-electron chi connectivity index (χ4n) is 2.17. The van der Waals surface area contributed by atoms with Crippen molar-refractivity contribution in [3.05, 3.63) is 18.2 Å². The second-order valence-electron chi connectivity index (χ2n) is 5.24. The molecule has 5 nitrogen and oxygen atoms in total. The Morgan fingerprint density at radius 1 is 1.32 bits per heavy atom. The van der Waals surface area contributed by atoms with Crippen LogP contribution in [0, 0.1) is 0 Å². The van der Waals surface area contributed by atoms with Gasteiger partial charge in [-0.2, -0.15) is 8.78 Å². The smallest absolute Gasteiger partial charge is 0.319 e. The second-order valence-corrected chi connectivity index (χ2v) is 5.24. The topological polar surface area (TPSA) is 68.2 Å². The molecule has 0 radical (unpaired) electrons. The molecule has 126 valence electrons. The minimum atomic E-state index is -2.56. The maximum Gasteiger partial charge on any atom is 0.319 e. The first-order valence-corrected chi connectivity index (χ1v) is 7.98. The number of nitrogens with zero attached hydrogens (tertiary/aromatic N) is 3. The molecule has 0 saturated heterocycles. The van der Waals surface area contributed by atoms with Gasteiger partial charge in [0.1, 0.15) is 5.82 Å². The lowest BCUT2D eigenvalue weighted by Gasteiger charge is -2.08. The fourth-order valence-corrected chi connectivity index (χ4v) is 2.17. The Morgan fingerprint density at radius 2 is 2.05 bits per heavy atom. The van der Waals surface area contributed by atoms with Crippen molar-refractivity contribution in [2.75, 3.05) is 13.1 Å². The molecule has 1 rings (SSSR count). The van der Waals surface area contributed by atoms with Gasteiger partial charge < -0.3 is 11.1 Å². The molecule has 1 aromatic heterocycles. The summed E-state index contributed by atoms with van der Waals surface area (Å²) in [4.78, 5) is 8.13. The predicted octanol–water partition coefficient (Wildman–Crippen LogP) is 3.09. The molecule has 0 unspecified atom stereocenters. The zero-order valence-corrected chi connectivity index (χ0v) is 13.3. The molecule has 0 fully saturated rings. The highest BCUT2D eigenvalue weighted by Crippen LogP contribution is 2.12. The zero-order chi connectivity index (χ0) is 16.2. The molecule has 0 spiro atoms. The normalized spacial score (nSPS) is 12.1. The van der Waals surface area contributed by atoms with E-state index in [0.29, 0.717) is 31.3 Å². The van der Waals surface area contributed by atoms with Gasteiger partial charge in [0.25, 0.3) is 0 Å². The highest BCUT2D eigenvalue weighted by Gasteiger charge is 2.10. The van der Waals surface area contributed by atoms with Crippen LogP contribution in [-0.2, 0) is 6.42 Å². The molecule has 0 aliphatic heterocycles. The van der Waals surface area contributed by atoms with Crippen LogP contribution in [0.1, 0.15) is 57.8 Å². The highest BCUT2D eigenvalue weighted by molar-refractivity contribution is 5.77. The number of rotatable bonds is 11. The van der Waals surface area contributed by atoms with Gasteiger partial charge in [-0.05, 0) is 6.42 Å². The van der Waals surface area contributed by atoms with Crippen LogP contribution in [0.3, 0.4) is 0 Å². The fraction of sp³-hybridized carbons (Fsp3) is 0.733. The van der Waals surface area contributed by atoms with Gasteiger partial charge in [-0.25, -0.2) is 4.98 Å². The summed E-state index contributed by atoms with van der Waals surface area (Å²) < 4.78 is 26.1. The third kappa shape index (κ3) is 7.38. The summed E-state index contributed by atoms with van der Waals surface area (Å²) in [7, 11) is 0. The molecule has 0 bridgehead atoms. The number of hydrogen-bond acceptors (Lipinski definition) is 2. The van der Waals surface area contributed by atoms with Crippen molar-refractivity contribution in [3.8, 4) is 0 Å². The number of unbranched alkanes of at least 4 members (excludes halogenated alkanes) is 5. The molecule has 3 N–H and O–H groups in total. The highest BCUT2D eigenvalue weighted by atomic mass is 19.3. The minimum Gasteiger partial charge on any atom is -0.370 e. The van der Waals surface area contributed by atoms with Crippen LogP contribution in [0.5, 0.6) is 0 Å². The van der Waals surface area contributed by atoms with Crippen molar-refractivity contribution >= 4 is 5.96 Å². The van der Waals surface area contributed by atoms with E-state index in [0.717, 1.165) is 11.0 Å². The van der Waals surface area contributed by atoms with Gasteiger partial charge in [0.05, 0.1) is 0 Å². The number of imidazole rings is 1. The average Bonchev–Trinajstić information content (AvgIpc) is 2.95. The van der Waals surface area contributed by atoms with E-state index in [4.69, 9.17) is 5.73 Å². The lowest BCUT2D eigenvalue weighted by molar-refractivity contribution is 0.0670. The molecule has 1 heterocycles. The largest absolute Gasteiger partial charge is 0.370 e. The maximum atomic E-state index is 12.6. The molecule has 1 aromatic rings. The summed E-state index contributed by atoms with van der Waals surface area (Å²) in [6, 6.07) is 0. The molecular formula is C15H27F2N5. The van der Waals surface area contributed by atoms with Crippen molar-refractivity contribution in [1.82, 2.24) is 14.9 Å². The lowest BCUT2D eigenvalue weighted by Crippen LogP contribution is -2.33. The molecule has 0 aliphatic carbocycles. The molecule has 7 heteroatoms. The quantitative estimate of drug-likeness (QED) is 0.374. The maximum absolute atomic E-state index is 12.6. The summed E-state index contributed by atoms with van der Waals surface area (Å²) >= 11 is 0. The van der Waals surface area contributed by atoms with Crippen LogP contribution in [0.2, 0.25) is 0 Å². The Hall–Kier alpha value is -1.66. The summed E-state index contributed by atoms with van der Waals surface area (Å²) in [6.45, 7) is 0.785. The number of aliphatic imine (C=N–C) groups is 1. The predicted molar refractivity (Wildman–Crippen MR) is 85.1 cm³/mol. The van der Waals surface area contributed by atoms with E-state index in [1.165, 1.54) is 44.5 Å². The molecule has 0 amide bonds. The van der Waals surface area contributed by atoms with Crippen molar-refractivity contribution in [2.45, 2.75) is 58.4 Å². The van der Waals surface area contributed by atoms with Crippen LogP contribution >= 0.6 is 0 Å². The zero-order valence-electron chi connectivity index (χ0n) is 13.3. The molecule has 0 saturated carbocycles. The summed E-state index contributed by atoms with van der Waals surface area (Å²) in [5, 5.41) is 2.93. The van der Waals surface area contributed by atoms with Gasteiger partial charge in [0.15, 0.2) is 5.96 Å². The first-order valence-electron chi connectivity index (χ1n) is 7.98. The van der Waals surface area contributed by atoms with Gasteiger partial charge in [-0.15, -0.1) is 0 Å². The summed E-state index contributed by atoms with van der Waals surface area (Å²) in [5.74, 6) is 0.704. The number of guanidine groups is 1. The van der Waals surface area contributed by atoms with Crippen LogP contribution in [0.4, 0.5) is 8.78 Å². The third-order valence-corrected chi connectivity index (χ3v) is 3.41. The van der Waals surface area contributed by atoms with E-state index in [2.05, 4.69) is 22.2 Å². The number of nitrogens with one attached hydrogen (secondary N) is 1. The van der Waals surface area contributed by atoms with Crippen LogP contribution < -0.4 is 11.1 Å². The van der Waals surface area contributed by atoms with E-state index in [1.54, 1.807) is 0 Å². The Bertz CT molecular complexity index is 431. The molecule has 0 aromatic carbocycles. The van der Waals surface area contributed by atoms with Gasteiger partial charge in [0, 0.05) is 31.9 Å². The third-order valence-electron chi connectivity index (χ3n) is 3.41. The SMILES string of the molecule is CCCCCCCCN=C(N)NCCc1nccn1C(F)F. The number of halogens is 2. The van der Waals surface area contributed by atoms with E-state index in [1.807, 2.05) is 0 Å². The molecular weight excluding hydrogens is 288 g/mol. The first kappa shape index (κ1) is 18.4. The Balaban J connectivity index is 2.13. The Labute approximate surface area is 131 Å². The lowest BCUT2D eigenvalue weighted by atomic mass is 10.1. The van der Waals surface area contributed by atoms with Crippen molar-refractivity contribution in [1.29, 1.82) is 0 Å². The van der Waals surface area contributed by atoms with Crippen LogP contribution in [0.25, 0.3) is 0 Å². The monoisotopic (exact) mass is 315 g/mol. The molecule has 0 atom stereocenters. The summed E-state index contributed by atoms with van der Waals surface area (Å²) in [5.41, 5.74) is 5.74. The molecule has 22 heavy (non-hydrogen) atoms. The van der Waals surface area contributed by atoms with Crippen molar-refractivity contribution < 1.29 is 8.78 Å². The number of alkyl halides is 2. The Kier molecular flexibility index (Phi) is 9.18. The van der Waals surface area contributed by atoms with Gasteiger partial charge in [-0.1, -0.05) is 39.0 Å². The van der Waals surface area contributed by atoms with E-state index >= 15 is 0 Å². The number of nitrogens with two attached hydrogens (primary N) is 1. The second kappa shape index (κ2) is 11.0. The minimum absolute atomic E-state index is 0.339. The van der Waals surface area contributed by atoms with E-state index in [9.17, 15) is 8.78 Å². The number of aromatic nitrogens is 2.